The van der Waals surface area contributed by atoms with Gasteiger partial charge in [-0.05, 0) is 35.9 Å². The first-order chi connectivity index (χ1) is 10.8. The van der Waals surface area contributed by atoms with Crippen molar-refractivity contribution in [2.45, 2.75) is 13.0 Å². The molecule has 2 aromatic carbocycles. The number of methoxy groups -OCH3 is 1. The molecule has 3 rings (SSSR count). The highest BCUT2D eigenvalue weighted by Gasteiger charge is 2.13. The molecule has 0 saturated carbocycles. The average Bonchev–Trinajstić information content (AvgIpc) is 2.99. The lowest BCUT2D eigenvalue weighted by molar-refractivity contribution is -0.670. The first-order valence-corrected chi connectivity index (χ1v) is 8.08. The van der Waals surface area contributed by atoms with E-state index in [0.29, 0.717) is 6.79 Å². The number of hydrogen-bond acceptors (Lipinski definition) is 3. The molecule has 0 aromatic heterocycles. The second-order valence-corrected chi connectivity index (χ2v) is 6.09. The molecule has 0 saturated heterocycles. The Hall–Kier alpha value is -1.72. The van der Waals surface area contributed by atoms with Crippen molar-refractivity contribution in [1.82, 2.24) is 0 Å². The van der Waals surface area contributed by atoms with Gasteiger partial charge in [0.25, 0.3) is 0 Å². The van der Waals surface area contributed by atoms with Crippen molar-refractivity contribution in [2.75, 3.05) is 20.4 Å². The number of hydrogen-bond donors (Lipinski definition) is 1. The Bertz CT molecular complexity index is 660. The van der Waals surface area contributed by atoms with Crippen LogP contribution in [0.4, 0.5) is 0 Å². The maximum atomic E-state index is 5.40. The number of fused-ring (bicyclic) bond motifs is 1. The van der Waals surface area contributed by atoms with Crippen molar-refractivity contribution in [1.29, 1.82) is 0 Å². The average molecular weight is 365 g/mol. The van der Waals surface area contributed by atoms with Crippen molar-refractivity contribution < 1.29 is 19.5 Å². The van der Waals surface area contributed by atoms with Crippen LogP contribution in [0.1, 0.15) is 11.1 Å². The van der Waals surface area contributed by atoms with E-state index in [1.54, 1.807) is 7.11 Å². The Morgan fingerprint density at radius 3 is 2.86 bits per heavy atom. The molecule has 1 aliphatic rings. The highest BCUT2D eigenvalue weighted by Crippen LogP contribution is 2.32. The molecule has 0 fully saturated rings. The summed E-state index contributed by atoms with van der Waals surface area (Å²) in [4.78, 5) is 0. The van der Waals surface area contributed by atoms with E-state index in [9.17, 15) is 0 Å². The van der Waals surface area contributed by atoms with Gasteiger partial charge in [0.1, 0.15) is 12.3 Å². The van der Waals surface area contributed by atoms with Gasteiger partial charge in [0, 0.05) is 16.5 Å². The molecule has 5 heteroatoms. The molecular formula is C17H19BrNO3+. The lowest BCUT2D eigenvalue weighted by atomic mass is 10.1. The molecule has 2 N–H and O–H groups in total. The Kier molecular flexibility index (Phi) is 4.85. The minimum absolute atomic E-state index is 0.327. The molecule has 0 bridgehead atoms. The zero-order valence-corrected chi connectivity index (χ0v) is 14.1. The smallest absolute Gasteiger partial charge is 0.231 e. The minimum atomic E-state index is 0.327. The van der Waals surface area contributed by atoms with Crippen LogP contribution < -0.4 is 19.5 Å². The molecule has 0 amide bonds. The van der Waals surface area contributed by atoms with Crippen LogP contribution in [0.15, 0.2) is 40.9 Å². The van der Waals surface area contributed by atoms with E-state index in [2.05, 4.69) is 39.4 Å². The molecule has 1 heterocycles. The van der Waals surface area contributed by atoms with Crippen LogP contribution in [-0.2, 0) is 13.0 Å². The summed E-state index contributed by atoms with van der Waals surface area (Å²) in [5.74, 6) is 2.63. The van der Waals surface area contributed by atoms with Crippen LogP contribution >= 0.6 is 15.9 Å². The van der Waals surface area contributed by atoms with Gasteiger partial charge in [-0.15, -0.1) is 0 Å². The second-order valence-electron chi connectivity index (χ2n) is 5.18. The number of nitrogens with two attached hydrogens (primary N) is 1. The van der Waals surface area contributed by atoms with Gasteiger partial charge in [0.15, 0.2) is 11.5 Å². The number of quaternary nitrogens is 1. The third kappa shape index (κ3) is 3.54. The first-order valence-electron chi connectivity index (χ1n) is 7.29. The van der Waals surface area contributed by atoms with E-state index >= 15 is 0 Å². The number of ether oxygens (including phenoxy) is 3. The minimum Gasteiger partial charge on any atom is -0.496 e. The summed E-state index contributed by atoms with van der Waals surface area (Å²) in [6.45, 7) is 2.23. The van der Waals surface area contributed by atoms with Crippen LogP contribution in [0, 0.1) is 0 Å². The van der Waals surface area contributed by atoms with Crippen LogP contribution in [0.25, 0.3) is 0 Å². The van der Waals surface area contributed by atoms with Crippen molar-refractivity contribution in [3.63, 3.8) is 0 Å². The summed E-state index contributed by atoms with van der Waals surface area (Å²) in [7, 11) is 1.71. The molecular weight excluding hydrogens is 346 g/mol. The molecule has 1 aliphatic heterocycles. The van der Waals surface area contributed by atoms with Crippen molar-refractivity contribution in [3.05, 3.63) is 52.0 Å². The van der Waals surface area contributed by atoms with Gasteiger partial charge in [-0.1, -0.05) is 22.0 Å². The summed E-state index contributed by atoms with van der Waals surface area (Å²) >= 11 is 3.50. The van der Waals surface area contributed by atoms with E-state index in [-0.39, 0.29) is 0 Å². The fourth-order valence-corrected chi connectivity index (χ4v) is 2.94. The topological polar surface area (TPSA) is 44.3 Å². The highest BCUT2D eigenvalue weighted by atomic mass is 79.9. The van der Waals surface area contributed by atoms with Crippen molar-refractivity contribution in [3.8, 4) is 17.2 Å². The monoisotopic (exact) mass is 364 g/mol. The maximum absolute atomic E-state index is 5.40. The summed E-state index contributed by atoms with van der Waals surface area (Å²) < 4.78 is 17.2. The molecule has 116 valence electrons. The van der Waals surface area contributed by atoms with Gasteiger partial charge in [-0.2, -0.15) is 0 Å². The zero-order chi connectivity index (χ0) is 15.4. The van der Waals surface area contributed by atoms with E-state index in [1.165, 1.54) is 11.1 Å². The van der Waals surface area contributed by atoms with Crippen LogP contribution in [-0.4, -0.2) is 20.4 Å². The molecule has 0 spiro atoms. The summed E-state index contributed by atoms with van der Waals surface area (Å²) in [5, 5.41) is 2.29. The fraction of sp³-hybridized carbons (Fsp3) is 0.294. The first kappa shape index (κ1) is 15.2. The molecule has 4 nitrogen and oxygen atoms in total. The van der Waals surface area contributed by atoms with Gasteiger partial charge in [-0.25, -0.2) is 0 Å². The molecule has 0 atom stereocenters. The zero-order valence-electron chi connectivity index (χ0n) is 12.5. The van der Waals surface area contributed by atoms with Crippen LogP contribution in [0.5, 0.6) is 17.2 Å². The number of halogens is 1. The normalized spacial score (nSPS) is 12.5. The fourth-order valence-electron chi connectivity index (χ4n) is 2.53. The second kappa shape index (κ2) is 7.03. The summed E-state index contributed by atoms with van der Waals surface area (Å²) in [6, 6.07) is 12.2. The standard InChI is InChI=1S/C17H18BrNO3/c1-20-15-5-3-14(18)9-13(15)10-19-7-6-12-2-4-16-17(8-12)22-11-21-16/h2-5,8-9,19H,6-7,10-11H2,1H3/p+1. The van der Waals surface area contributed by atoms with Gasteiger partial charge in [-0.3, -0.25) is 0 Å². The quantitative estimate of drug-likeness (QED) is 0.800. The van der Waals surface area contributed by atoms with Crippen LogP contribution in [0.2, 0.25) is 0 Å². The Morgan fingerprint density at radius 2 is 2.00 bits per heavy atom. The third-order valence-electron chi connectivity index (χ3n) is 3.68. The van der Waals surface area contributed by atoms with Crippen molar-refractivity contribution in [2.24, 2.45) is 0 Å². The molecule has 0 unspecified atom stereocenters. The van der Waals surface area contributed by atoms with Gasteiger partial charge in [0.2, 0.25) is 6.79 Å². The lowest BCUT2D eigenvalue weighted by Crippen LogP contribution is -2.83. The molecule has 22 heavy (non-hydrogen) atoms. The SMILES string of the molecule is COc1ccc(Br)cc1C[NH2+]CCc1ccc2c(c1)OCO2. The van der Waals surface area contributed by atoms with E-state index in [4.69, 9.17) is 14.2 Å². The summed E-state index contributed by atoms with van der Waals surface area (Å²) in [6.07, 6.45) is 0.993. The van der Waals surface area contributed by atoms with Gasteiger partial charge >= 0.3 is 0 Å². The maximum Gasteiger partial charge on any atom is 0.231 e. The molecule has 0 aliphatic carbocycles. The molecule has 2 aromatic rings. The predicted octanol–water partition coefficient (Wildman–Crippen LogP) is 2.49. The largest absolute Gasteiger partial charge is 0.496 e. The van der Waals surface area contributed by atoms with E-state index in [0.717, 1.165) is 41.2 Å². The van der Waals surface area contributed by atoms with Gasteiger partial charge in [0.05, 0.1) is 13.7 Å². The third-order valence-corrected chi connectivity index (χ3v) is 4.17. The van der Waals surface area contributed by atoms with Gasteiger partial charge < -0.3 is 19.5 Å². The Morgan fingerprint density at radius 1 is 1.14 bits per heavy atom. The lowest BCUT2D eigenvalue weighted by Gasteiger charge is -2.08. The predicted molar refractivity (Wildman–Crippen MR) is 87.5 cm³/mol. The summed E-state index contributed by atoms with van der Waals surface area (Å²) in [5.41, 5.74) is 2.46. The van der Waals surface area contributed by atoms with Crippen molar-refractivity contribution >= 4 is 15.9 Å². The highest BCUT2D eigenvalue weighted by molar-refractivity contribution is 9.10. The van der Waals surface area contributed by atoms with Crippen LogP contribution in [0.3, 0.4) is 0 Å². The number of benzene rings is 2. The number of rotatable bonds is 6. The Labute approximate surface area is 138 Å². The Balaban J connectivity index is 1.52. The molecule has 0 radical (unpaired) electrons. The van der Waals surface area contributed by atoms with E-state index < -0.39 is 0 Å². The van der Waals surface area contributed by atoms with E-state index in [1.807, 2.05) is 18.2 Å².